The van der Waals surface area contributed by atoms with Gasteiger partial charge < -0.3 is 10.1 Å². The van der Waals surface area contributed by atoms with Gasteiger partial charge in [-0.05, 0) is 47.2 Å². The summed E-state index contributed by atoms with van der Waals surface area (Å²) in [5.41, 5.74) is 2.76. The molecule has 0 atom stereocenters. The average Bonchev–Trinajstić information content (AvgIpc) is 2.51. The van der Waals surface area contributed by atoms with Crippen LogP contribution in [0.4, 0.5) is 24.5 Å². The minimum atomic E-state index is -4.76. The van der Waals surface area contributed by atoms with Crippen molar-refractivity contribution in [3.63, 3.8) is 0 Å². The zero-order valence-corrected chi connectivity index (χ0v) is 14.6. The molecule has 0 saturated heterocycles. The van der Waals surface area contributed by atoms with Crippen molar-refractivity contribution < 1.29 is 17.9 Å². The molecule has 3 nitrogen and oxygen atoms in total. The maximum absolute atomic E-state index is 12.6. The number of nitrogens with one attached hydrogen (secondary N) is 1. The fourth-order valence-corrected chi connectivity index (χ4v) is 2.92. The van der Waals surface area contributed by atoms with Gasteiger partial charge in [0.2, 0.25) is 0 Å². The van der Waals surface area contributed by atoms with E-state index in [0.29, 0.717) is 11.1 Å². The van der Waals surface area contributed by atoms with Crippen LogP contribution < -0.4 is 10.1 Å². The van der Waals surface area contributed by atoms with Crippen molar-refractivity contribution in [3.05, 3.63) is 57.8 Å². The molecule has 124 valence electrons. The van der Waals surface area contributed by atoms with Crippen molar-refractivity contribution >= 4 is 44.9 Å². The summed E-state index contributed by atoms with van der Waals surface area (Å²) in [7, 11) is 0. The third kappa shape index (κ3) is 3.55. The lowest BCUT2D eigenvalue weighted by molar-refractivity contribution is -0.274. The summed E-state index contributed by atoms with van der Waals surface area (Å²) in [6, 6.07) is 12.2. The number of rotatable bonds is 3. The molecule has 0 aliphatic rings. The molecule has 1 aromatic heterocycles. The summed E-state index contributed by atoms with van der Waals surface area (Å²) in [6.45, 7) is 1.96. The van der Waals surface area contributed by atoms with E-state index in [2.05, 4.69) is 37.6 Å². The van der Waals surface area contributed by atoms with Crippen molar-refractivity contribution in [3.8, 4) is 5.75 Å². The lowest BCUT2D eigenvalue weighted by atomic mass is 10.1. The van der Waals surface area contributed by atoms with Gasteiger partial charge in [-0.3, -0.25) is 4.98 Å². The molecule has 7 heteroatoms. The second-order valence-electron chi connectivity index (χ2n) is 5.12. The highest BCUT2D eigenvalue weighted by Crippen LogP contribution is 2.36. The highest BCUT2D eigenvalue weighted by molar-refractivity contribution is 14.1. The molecule has 0 bridgehead atoms. The number of aromatic nitrogens is 1. The summed E-state index contributed by atoms with van der Waals surface area (Å²) in [4.78, 5) is 4.12. The highest BCUT2D eigenvalue weighted by atomic mass is 127. The number of fused-ring (bicyclic) bond motifs is 1. The fourth-order valence-electron chi connectivity index (χ4n) is 2.35. The Balaban J connectivity index is 2.13. The minimum Gasteiger partial charge on any atom is -0.403 e. The summed E-state index contributed by atoms with van der Waals surface area (Å²) in [5.74, 6) is -0.316. The smallest absolute Gasteiger partial charge is 0.403 e. The van der Waals surface area contributed by atoms with Gasteiger partial charge in [-0.1, -0.05) is 30.3 Å². The van der Waals surface area contributed by atoms with E-state index >= 15 is 0 Å². The molecule has 0 unspecified atom stereocenters. The van der Waals surface area contributed by atoms with Crippen molar-refractivity contribution in [2.75, 3.05) is 5.32 Å². The number of benzene rings is 2. The van der Waals surface area contributed by atoms with Gasteiger partial charge in [-0.15, -0.1) is 13.2 Å². The van der Waals surface area contributed by atoms with Crippen LogP contribution >= 0.6 is 22.6 Å². The van der Waals surface area contributed by atoms with Crippen LogP contribution in [0.1, 0.15) is 5.56 Å². The molecule has 0 amide bonds. The zero-order chi connectivity index (χ0) is 17.3. The van der Waals surface area contributed by atoms with Crippen LogP contribution in [-0.2, 0) is 0 Å². The number of pyridine rings is 1. The Morgan fingerprint density at radius 1 is 1.08 bits per heavy atom. The third-order valence-corrected chi connectivity index (χ3v) is 4.26. The Hall–Kier alpha value is -2.03. The minimum absolute atomic E-state index is 0.159. The largest absolute Gasteiger partial charge is 0.573 e. The number of ether oxygens (including phenoxy) is 1. The standard InChI is InChI=1S/C17H12F3IN2O/c1-10-5-2-3-7-13(10)23-15-11-6-4-8-14(24-17(18,19)20)16(11)22-9-12(15)21/h2-9H,1H3,(H,22,23). The Labute approximate surface area is 150 Å². The molecule has 0 radical (unpaired) electrons. The van der Waals surface area contributed by atoms with Gasteiger partial charge in [-0.25, -0.2) is 0 Å². The normalized spacial score (nSPS) is 11.5. The molecule has 1 heterocycles. The maximum atomic E-state index is 12.6. The van der Waals surface area contributed by atoms with Gasteiger partial charge in [0.05, 0.1) is 9.26 Å². The van der Waals surface area contributed by atoms with E-state index in [1.165, 1.54) is 18.3 Å². The molecule has 1 N–H and O–H groups in total. The van der Waals surface area contributed by atoms with E-state index in [-0.39, 0.29) is 11.3 Å². The molecule has 0 aliphatic heterocycles. The first kappa shape index (κ1) is 16.8. The van der Waals surface area contributed by atoms with Crippen LogP contribution in [0.25, 0.3) is 10.9 Å². The van der Waals surface area contributed by atoms with Crippen LogP contribution in [-0.4, -0.2) is 11.3 Å². The van der Waals surface area contributed by atoms with Crippen LogP contribution in [0.2, 0.25) is 0 Å². The first-order valence-corrected chi connectivity index (χ1v) is 8.08. The molecule has 0 spiro atoms. The summed E-state index contributed by atoms with van der Waals surface area (Å²) >= 11 is 2.10. The Kier molecular flexibility index (Phi) is 4.53. The molecular weight excluding hydrogens is 432 g/mol. The Morgan fingerprint density at radius 2 is 1.83 bits per heavy atom. The number of nitrogens with zero attached hydrogens (tertiary/aromatic N) is 1. The lowest BCUT2D eigenvalue weighted by Crippen LogP contribution is -2.17. The topological polar surface area (TPSA) is 34.2 Å². The molecule has 3 aromatic rings. The predicted molar refractivity (Wildman–Crippen MR) is 95.6 cm³/mol. The first-order chi connectivity index (χ1) is 11.3. The van der Waals surface area contributed by atoms with Gasteiger partial charge in [0, 0.05) is 17.3 Å². The maximum Gasteiger partial charge on any atom is 0.573 e. The van der Waals surface area contributed by atoms with Crippen LogP contribution in [0.5, 0.6) is 5.75 Å². The van der Waals surface area contributed by atoms with Crippen LogP contribution in [0.3, 0.4) is 0 Å². The van der Waals surface area contributed by atoms with Crippen molar-refractivity contribution in [1.82, 2.24) is 4.98 Å². The summed E-state index contributed by atoms with van der Waals surface area (Å²) in [5, 5.41) is 3.85. The number of hydrogen-bond acceptors (Lipinski definition) is 3. The number of para-hydroxylation sites is 2. The van der Waals surface area contributed by atoms with Crippen molar-refractivity contribution in [2.24, 2.45) is 0 Å². The predicted octanol–water partition coefficient (Wildman–Crippen LogP) is 5.79. The van der Waals surface area contributed by atoms with E-state index in [1.54, 1.807) is 6.07 Å². The van der Waals surface area contributed by atoms with E-state index in [0.717, 1.165) is 14.8 Å². The van der Waals surface area contributed by atoms with Crippen LogP contribution in [0.15, 0.2) is 48.7 Å². The summed E-state index contributed by atoms with van der Waals surface area (Å²) in [6.07, 6.45) is -3.24. The molecule has 0 aliphatic carbocycles. The van der Waals surface area contributed by atoms with Gasteiger partial charge in [-0.2, -0.15) is 0 Å². The van der Waals surface area contributed by atoms with Gasteiger partial charge in [0.15, 0.2) is 5.75 Å². The molecule has 2 aromatic carbocycles. The third-order valence-electron chi connectivity index (χ3n) is 3.44. The van der Waals surface area contributed by atoms with E-state index in [1.807, 2.05) is 31.2 Å². The van der Waals surface area contributed by atoms with Gasteiger partial charge >= 0.3 is 6.36 Å². The molecule has 0 saturated carbocycles. The molecule has 0 fully saturated rings. The number of anilines is 2. The number of alkyl halides is 3. The zero-order valence-electron chi connectivity index (χ0n) is 12.5. The second-order valence-corrected chi connectivity index (χ2v) is 6.28. The second kappa shape index (κ2) is 6.46. The van der Waals surface area contributed by atoms with Crippen molar-refractivity contribution in [2.45, 2.75) is 13.3 Å². The molecule has 24 heavy (non-hydrogen) atoms. The number of aryl methyl sites for hydroxylation is 1. The first-order valence-electron chi connectivity index (χ1n) is 7.01. The van der Waals surface area contributed by atoms with E-state index in [9.17, 15) is 13.2 Å². The van der Waals surface area contributed by atoms with E-state index in [4.69, 9.17) is 0 Å². The lowest BCUT2D eigenvalue weighted by Gasteiger charge is -2.16. The highest BCUT2D eigenvalue weighted by Gasteiger charge is 2.32. The SMILES string of the molecule is Cc1ccccc1Nc1c(I)cnc2c(OC(F)(F)F)cccc12. The average molecular weight is 444 g/mol. The van der Waals surface area contributed by atoms with E-state index < -0.39 is 6.36 Å². The monoisotopic (exact) mass is 444 g/mol. The quantitative estimate of drug-likeness (QED) is 0.520. The number of hydrogen-bond donors (Lipinski definition) is 1. The van der Waals surface area contributed by atoms with Crippen LogP contribution in [0, 0.1) is 10.5 Å². The molecular formula is C17H12F3IN2O. The van der Waals surface area contributed by atoms with Gasteiger partial charge in [0.25, 0.3) is 0 Å². The van der Waals surface area contributed by atoms with Crippen molar-refractivity contribution in [1.29, 1.82) is 0 Å². The van der Waals surface area contributed by atoms with Gasteiger partial charge in [0.1, 0.15) is 5.52 Å². The fraction of sp³-hybridized carbons (Fsp3) is 0.118. The summed E-state index contributed by atoms with van der Waals surface area (Å²) < 4.78 is 42.6. The Bertz CT molecular complexity index is 897. The number of halogens is 4. The molecule has 3 rings (SSSR count). The Morgan fingerprint density at radius 3 is 2.54 bits per heavy atom.